The van der Waals surface area contributed by atoms with Crippen molar-refractivity contribution in [2.45, 2.75) is 97.8 Å². The highest BCUT2D eigenvalue weighted by molar-refractivity contribution is 7.09. The number of hydrogen-bond acceptors (Lipinski definition) is 8. The summed E-state index contributed by atoms with van der Waals surface area (Å²) in [6, 6.07) is -1.90. The molecule has 1 aromatic rings. The number of thiazole rings is 1. The van der Waals surface area contributed by atoms with Gasteiger partial charge in [0, 0.05) is 25.0 Å². The number of esters is 1. The average molecular weight is 595 g/mol. The number of nitrogens with zero attached hydrogens (tertiary/aromatic N) is 3. The van der Waals surface area contributed by atoms with Crippen LogP contribution < -0.4 is 16.0 Å². The first-order valence-corrected chi connectivity index (χ1v) is 15.6. The van der Waals surface area contributed by atoms with E-state index in [1.807, 2.05) is 48.6 Å². The molecule has 12 heteroatoms. The molecule has 41 heavy (non-hydrogen) atoms. The minimum Gasteiger partial charge on any atom is -0.461 e. The summed E-state index contributed by atoms with van der Waals surface area (Å²) in [4.78, 5) is 60.6. The largest absolute Gasteiger partial charge is 0.461 e. The minimum atomic E-state index is -0.686. The summed E-state index contributed by atoms with van der Waals surface area (Å²) in [5, 5.41) is 11.0. The monoisotopic (exact) mass is 594 g/mol. The highest BCUT2D eigenvalue weighted by Gasteiger charge is 2.43. The van der Waals surface area contributed by atoms with Crippen molar-refractivity contribution in [2.75, 3.05) is 33.8 Å². The summed E-state index contributed by atoms with van der Waals surface area (Å²) in [6.07, 6.45) is 2.78. The van der Waals surface area contributed by atoms with E-state index in [1.54, 1.807) is 24.3 Å². The zero-order chi connectivity index (χ0) is 30.9. The maximum absolute atomic E-state index is 14.1. The smallest absolute Gasteiger partial charge is 0.357 e. The Morgan fingerprint density at radius 2 is 1.85 bits per heavy atom. The van der Waals surface area contributed by atoms with Gasteiger partial charge in [-0.1, -0.05) is 34.1 Å². The van der Waals surface area contributed by atoms with E-state index in [-0.39, 0.29) is 48.0 Å². The molecule has 0 spiro atoms. The van der Waals surface area contributed by atoms with Crippen molar-refractivity contribution in [2.24, 2.45) is 11.8 Å². The fraction of sp³-hybridized carbons (Fsp3) is 0.759. The van der Waals surface area contributed by atoms with E-state index >= 15 is 0 Å². The van der Waals surface area contributed by atoms with E-state index in [0.717, 1.165) is 25.8 Å². The molecule has 2 rings (SSSR count). The number of aromatic nitrogens is 1. The Morgan fingerprint density at radius 3 is 2.39 bits per heavy atom. The molecule has 1 aliphatic rings. The topological polar surface area (TPSA) is 133 Å². The number of carbonyl (C=O) groups excluding carboxylic acids is 4. The van der Waals surface area contributed by atoms with Gasteiger partial charge in [0.2, 0.25) is 11.8 Å². The number of likely N-dealkylation sites (N-methyl/N-ethyl adjacent to an activating group) is 2. The van der Waals surface area contributed by atoms with Crippen LogP contribution in [-0.4, -0.2) is 90.0 Å². The van der Waals surface area contributed by atoms with Gasteiger partial charge in [-0.25, -0.2) is 14.6 Å². The average Bonchev–Trinajstić information content (AvgIpc) is 3.56. The molecule has 1 fully saturated rings. The van der Waals surface area contributed by atoms with Crippen molar-refractivity contribution in [1.29, 1.82) is 0 Å². The molecule has 1 aromatic heterocycles. The van der Waals surface area contributed by atoms with Crippen LogP contribution in [-0.2, 0) is 14.3 Å². The van der Waals surface area contributed by atoms with Crippen LogP contribution >= 0.6 is 11.3 Å². The van der Waals surface area contributed by atoms with Gasteiger partial charge in [0.15, 0.2) is 5.69 Å². The fourth-order valence-electron chi connectivity index (χ4n) is 5.20. The molecule has 232 valence electrons. The Balaban J connectivity index is 2.34. The molecule has 3 N–H and O–H groups in total. The highest BCUT2D eigenvalue weighted by atomic mass is 32.1. The molecule has 0 unspecified atom stereocenters. The predicted molar refractivity (Wildman–Crippen MR) is 161 cm³/mol. The lowest BCUT2D eigenvalue weighted by Gasteiger charge is -2.38. The van der Waals surface area contributed by atoms with Crippen LogP contribution in [0.5, 0.6) is 0 Å². The summed E-state index contributed by atoms with van der Waals surface area (Å²) in [6.45, 7) is 15.0. The van der Waals surface area contributed by atoms with Crippen molar-refractivity contribution < 1.29 is 23.9 Å². The standard InChI is InChI=1S/C29H50N6O5S/c1-10-19(6)23(33-27(38)29(7)14-13-15-34(29)8)25(36)35(9)22(18(4)5)16-20(32-28(39)30-11-2)24-31-21(17-41-24)26(37)40-12-3/h17-20,22-23H,10-16H2,1-9H3,(H,33,38)(H2,30,32,39)/t19-,20+,22+,23-,29+/m0/s1. The molecular formula is C29H50N6O5S. The lowest BCUT2D eigenvalue weighted by atomic mass is 9.91. The van der Waals surface area contributed by atoms with Gasteiger partial charge in [-0.2, -0.15) is 0 Å². The van der Waals surface area contributed by atoms with E-state index in [2.05, 4.69) is 25.8 Å². The van der Waals surface area contributed by atoms with E-state index in [0.29, 0.717) is 18.0 Å². The van der Waals surface area contributed by atoms with Crippen LogP contribution in [0.25, 0.3) is 0 Å². The maximum Gasteiger partial charge on any atom is 0.357 e. The second-order valence-electron chi connectivity index (χ2n) is 11.5. The molecule has 0 aliphatic carbocycles. The molecule has 0 saturated carbocycles. The second-order valence-corrected chi connectivity index (χ2v) is 12.4. The molecule has 1 aliphatic heterocycles. The summed E-state index contributed by atoms with van der Waals surface area (Å²) >= 11 is 1.26. The normalized spacial score (nSPS) is 20.1. The van der Waals surface area contributed by atoms with Crippen molar-refractivity contribution in [1.82, 2.24) is 30.7 Å². The first-order chi connectivity index (χ1) is 19.3. The summed E-state index contributed by atoms with van der Waals surface area (Å²) in [7, 11) is 3.70. The lowest BCUT2D eigenvalue weighted by Crippen LogP contribution is -2.60. The van der Waals surface area contributed by atoms with Gasteiger partial charge in [-0.3, -0.25) is 14.5 Å². The third-order valence-corrected chi connectivity index (χ3v) is 9.25. The van der Waals surface area contributed by atoms with Gasteiger partial charge in [-0.15, -0.1) is 11.3 Å². The zero-order valence-corrected chi connectivity index (χ0v) is 27.0. The van der Waals surface area contributed by atoms with Crippen molar-refractivity contribution in [3.8, 4) is 0 Å². The number of nitrogens with one attached hydrogen (secondary N) is 3. The second kappa shape index (κ2) is 15.5. The fourth-order valence-corrected chi connectivity index (χ4v) is 6.06. The van der Waals surface area contributed by atoms with Crippen LogP contribution in [0.2, 0.25) is 0 Å². The van der Waals surface area contributed by atoms with Crippen LogP contribution in [0, 0.1) is 11.8 Å². The Labute approximate surface area is 249 Å². The third-order valence-electron chi connectivity index (χ3n) is 8.29. The van der Waals surface area contributed by atoms with Crippen molar-refractivity contribution in [3.63, 3.8) is 0 Å². The number of likely N-dealkylation sites (tertiary alicyclic amines) is 1. The van der Waals surface area contributed by atoms with Crippen LogP contribution in [0.4, 0.5) is 4.79 Å². The van der Waals surface area contributed by atoms with Crippen LogP contribution in [0.1, 0.15) is 95.7 Å². The Kier molecular flexibility index (Phi) is 13.0. The van der Waals surface area contributed by atoms with Crippen molar-refractivity contribution in [3.05, 3.63) is 16.1 Å². The number of carbonyl (C=O) groups is 4. The molecule has 11 nitrogen and oxygen atoms in total. The van der Waals surface area contributed by atoms with Gasteiger partial charge in [0.05, 0.1) is 18.2 Å². The Bertz CT molecular complexity index is 1050. The first kappa shape index (κ1) is 34.5. The van der Waals surface area contributed by atoms with E-state index in [1.165, 1.54) is 11.3 Å². The van der Waals surface area contributed by atoms with Crippen LogP contribution in [0.3, 0.4) is 0 Å². The first-order valence-electron chi connectivity index (χ1n) is 14.8. The molecule has 1 saturated heterocycles. The zero-order valence-electron chi connectivity index (χ0n) is 26.2. The molecule has 5 atom stereocenters. The molecule has 0 radical (unpaired) electrons. The summed E-state index contributed by atoms with van der Waals surface area (Å²) in [5.74, 6) is -0.867. The minimum absolute atomic E-state index is 0.0266. The summed E-state index contributed by atoms with van der Waals surface area (Å²) < 4.78 is 5.09. The van der Waals surface area contributed by atoms with Crippen LogP contribution in [0.15, 0.2) is 5.38 Å². The van der Waals surface area contributed by atoms with E-state index in [4.69, 9.17) is 4.74 Å². The molecule has 4 amide bonds. The molecule has 0 bridgehead atoms. The van der Waals surface area contributed by atoms with Gasteiger partial charge in [0.1, 0.15) is 11.0 Å². The summed E-state index contributed by atoms with van der Waals surface area (Å²) in [5.41, 5.74) is -0.462. The quantitative estimate of drug-likeness (QED) is 0.281. The highest BCUT2D eigenvalue weighted by Crippen LogP contribution is 2.30. The molecule has 2 heterocycles. The Morgan fingerprint density at radius 1 is 1.17 bits per heavy atom. The van der Waals surface area contributed by atoms with E-state index in [9.17, 15) is 19.2 Å². The third kappa shape index (κ3) is 8.64. The van der Waals surface area contributed by atoms with E-state index < -0.39 is 23.6 Å². The number of amides is 4. The van der Waals surface area contributed by atoms with Gasteiger partial charge >= 0.3 is 12.0 Å². The molecular weight excluding hydrogens is 544 g/mol. The SMILES string of the molecule is CCNC(=O)N[C@H](C[C@H](C(C)C)N(C)C(=O)[C@@H](NC(=O)[C@@]1(C)CCCN1C)[C@@H](C)CC)c1nc(C(=O)OCC)cs1. The van der Waals surface area contributed by atoms with Gasteiger partial charge in [0.25, 0.3) is 0 Å². The predicted octanol–water partition coefficient (Wildman–Crippen LogP) is 3.57. The number of urea groups is 1. The van der Waals surface area contributed by atoms with Gasteiger partial charge < -0.3 is 25.6 Å². The molecule has 0 aromatic carbocycles. The number of rotatable bonds is 14. The number of ether oxygens (including phenoxy) is 1. The number of hydrogen-bond donors (Lipinski definition) is 3. The maximum atomic E-state index is 14.1. The lowest BCUT2D eigenvalue weighted by molar-refractivity contribution is -0.142. The van der Waals surface area contributed by atoms with Gasteiger partial charge in [-0.05, 0) is 65.5 Å². The Hall–Kier alpha value is -2.73. The van der Waals surface area contributed by atoms with Crippen molar-refractivity contribution >= 4 is 35.2 Å².